The van der Waals surface area contributed by atoms with Gasteiger partial charge in [0, 0.05) is 16.5 Å². The number of thioether (sulfide) groups is 1. The second kappa shape index (κ2) is 6.08. The Morgan fingerprint density at radius 1 is 1.11 bits per heavy atom. The van der Waals surface area contributed by atoms with Crippen molar-refractivity contribution >= 4 is 11.8 Å². The first-order valence-electron chi connectivity index (χ1n) is 5.98. The first kappa shape index (κ1) is 13.9. The second-order valence-corrected chi connectivity index (χ2v) is 5.04. The summed E-state index contributed by atoms with van der Waals surface area (Å²) >= 11 is 1.58. The standard InChI is InChI=1S/C15H16FNOS/c1-10(17)15-11(16)6-5-8-13(15)18-12-7-3-4-9-14(12)19-2/h3-10H,17H2,1-2H3/t10-/m0/s1. The van der Waals surface area contributed by atoms with Gasteiger partial charge in [-0.1, -0.05) is 18.2 Å². The van der Waals surface area contributed by atoms with Crippen LogP contribution in [0.5, 0.6) is 11.5 Å². The Bertz CT molecular complexity index is 572. The molecule has 0 spiro atoms. The Morgan fingerprint density at radius 2 is 1.79 bits per heavy atom. The summed E-state index contributed by atoms with van der Waals surface area (Å²) < 4.78 is 19.7. The van der Waals surface area contributed by atoms with E-state index in [2.05, 4.69) is 0 Å². The molecule has 1 atom stereocenters. The summed E-state index contributed by atoms with van der Waals surface area (Å²) in [5.41, 5.74) is 6.22. The van der Waals surface area contributed by atoms with E-state index >= 15 is 0 Å². The molecule has 19 heavy (non-hydrogen) atoms. The Morgan fingerprint density at radius 3 is 2.47 bits per heavy atom. The summed E-state index contributed by atoms with van der Waals surface area (Å²) in [5, 5.41) is 0. The average molecular weight is 277 g/mol. The Labute approximate surface area is 116 Å². The first-order chi connectivity index (χ1) is 9.13. The van der Waals surface area contributed by atoms with Crippen LogP contribution in [-0.2, 0) is 0 Å². The zero-order chi connectivity index (χ0) is 13.8. The molecule has 100 valence electrons. The van der Waals surface area contributed by atoms with Crippen LogP contribution in [0.3, 0.4) is 0 Å². The molecule has 0 saturated carbocycles. The van der Waals surface area contributed by atoms with Gasteiger partial charge in [0.05, 0.1) is 0 Å². The van der Waals surface area contributed by atoms with Gasteiger partial charge in [0.25, 0.3) is 0 Å². The minimum Gasteiger partial charge on any atom is -0.456 e. The highest BCUT2D eigenvalue weighted by molar-refractivity contribution is 7.98. The summed E-state index contributed by atoms with van der Waals surface area (Å²) in [4.78, 5) is 1.00. The number of hydrogen-bond donors (Lipinski definition) is 1. The van der Waals surface area contributed by atoms with Crippen LogP contribution >= 0.6 is 11.8 Å². The molecule has 4 heteroatoms. The summed E-state index contributed by atoms with van der Waals surface area (Å²) in [6.45, 7) is 1.74. The van der Waals surface area contributed by atoms with Crippen LogP contribution in [0.25, 0.3) is 0 Å². The van der Waals surface area contributed by atoms with Gasteiger partial charge in [0.2, 0.25) is 0 Å². The second-order valence-electron chi connectivity index (χ2n) is 4.19. The largest absolute Gasteiger partial charge is 0.456 e. The summed E-state index contributed by atoms with van der Waals surface area (Å²) in [5.74, 6) is 0.841. The fourth-order valence-electron chi connectivity index (χ4n) is 1.87. The summed E-state index contributed by atoms with van der Waals surface area (Å²) in [6, 6.07) is 12.0. The van der Waals surface area contributed by atoms with E-state index in [1.54, 1.807) is 30.8 Å². The third-order valence-corrected chi connectivity index (χ3v) is 3.53. The average Bonchev–Trinajstić information content (AvgIpc) is 2.39. The molecule has 2 aromatic rings. The van der Waals surface area contributed by atoms with E-state index in [0.29, 0.717) is 17.1 Å². The van der Waals surface area contributed by atoms with Crippen molar-refractivity contribution in [2.45, 2.75) is 17.9 Å². The number of para-hydroxylation sites is 1. The molecular formula is C15H16FNOS. The van der Waals surface area contributed by atoms with Crippen molar-refractivity contribution in [3.05, 3.63) is 53.8 Å². The maximum atomic E-state index is 13.8. The Balaban J connectivity index is 2.41. The Hall–Kier alpha value is -1.52. The van der Waals surface area contributed by atoms with Crippen LogP contribution in [0, 0.1) is 5.82 Å². The normalized spacial score (nSPS) is 12.2. The van der Waals surface area contributed by atoms with Gasteiger partial charge in [-0.15, -0.1) is 11.8 Å². The van der Waals surface area contributed by atoms with Crippen LogP contribution in [0.2, 0.25) is 0 Å². The van der Waals surface area contributed by atoms with Gasteiger partial charge >= 0.3 is 0 Å². The number of ether oxygens (including phenoxy) is 1. The summed E-state index contributed by atoms with van der Waals surface area (Å²) in [7, 11) is 0. The molecule has 2 nitrogen and oxygen atoms in total. The number of nitrogens with two attached hydrogens (primary N) is 1. The van der Waals surface area contributed by atoms with Crippen molar-refractivity contribution in [3.8, 4) is 11.5 Å². The lowest BCUT2D eigenvalue weighted by molar-refractivity contribution is 0.451. The number of rotatable bonds is 4. The highest BCUT2D eigenvalue weighted by atomic mass is 32.2. The van der Waals surface area contributed by atoms with Crippen molar-refractivity contribution in [1.82, 2.24) is 0 Å². The minimum absolute atomic E-state index is 0.339. The van der Waals surface area contributed by atoms with E-state index in [1.807, 2.05) is 30.5 Å². The molecule has 0 aromatic heterocycles. The zero-order valence-electron chi connectivity index (χ0n) is 10.9. The number of benzene rings is 2. The molecule has 2 aromatic carbocycles. The molecule has 0 aliphatic carbocycles. The molecule has 2 N–H and O–H groups in total. The molecule has 0 saturated heterocycles. The van der Waals surface area contributed by atoms with E-state index in [1.165, 1.54) is 6.07 Å². The van der Waals surface area contributed by atoms with Gasteiger partial charge in [-0.25, -0.2) is 4.39 Å². The predicted octanol–water partition coefficient (Wildman–Crippen LogP) is 4.36. The Kier molecular flexibility index (Phi) is 4.45. The highest BCUT2D eigenvalue weighted by Crippen LogP contribution is 2.35. The number of hydrogen-bond acceptors (Lipinski definition) is 3. The van der Waals surface area contributed by atoms with Gasteiger partial charge in [0.1, 0.15) is 17.3 Å². The molecular weight excluding hydrogens is 261 g/mol. The lowest BCUT2D eigenvalue weighted by atomic mass is 10.1. The van der Waals surface area contributed by atoms with E-state index in [0.717, 1.165) is 4.90 Å². The fourth-order valence-corrected chi connectivity index (χ4v) is 2.40. The molecule has 0 aliphatic heterocycles. The van der Waals surface area contributed by atoms with Crippen molar-refractivity contribution in [1.29, 1.82) is 0 Å². The lowest BCUT2D eigenvalue weighted by Gasteiger charge is -2.15. The van der Waals surface area contributed by atoms with E-state index < -0.39 is 6.04 Å². The van der Waals surface area contributed by atoms with Crippen LogP contribution in [0.1, 0.15) is 18.5 Å². The van der Waals surface area contributed by atoms with Crippen LogP contribution in [-0.4, -0.2) is 6.26 Å². The molecule has 0 fully saturated rings. The molecule has 0 heterocycles. The molecule has 0 bridgehead atoms. The van der Waals surface area contributed by atoms with Gasteiger partial charge in [-0.3, -0.25) is 0 Å². The maximum Gasteiger partial charge on any atom is 0.140 e. The van der Waals surface area contributed by atoms with Crippen molar-refractivity contribution in [3.63, 3.8) is 0 Å². The van der Waals surface area contributed by atoms with Crippen LogP contribution in [0.4, 0.5) is 4.39 Å². The van der Waals surface area contributed by atoms with Crippen molar-refractivity contribution in [2.75, 3.05) is 6.26 Å². The highest BCUT2D eigenvalue weighted by Gasteiger charge is 2.15. The number of halogens is 1. The summed E-state index contributed by atoms with van der Waals surface area (Å²) in [6.07, 6.45) is 1.97. The van der Waals surface area contributed by atoms with E-state index in [4.69, 9.17) is 10.5 Å². The molecule has 0 radical (unpaired) electrons. The van der Waals surface area contributed by atoms with Crippen molar-refractivity contribution in [2.24, 2.45) is 5.73 Å². The molecule has 2 rings (SSSR count). The third-order valence-electron chi connectivity index (χ3n) is 2.76. The zero-order valence-corrected chi connectivity index (χ0v) is 11.7. The predicted molar refractivity (Wildman–Crippen MR) is 77.3 cm³/mol. The third kappa shape index (κ3) is 3.08. The van der Waals surface area contributed by atoms with Crippen molar-refractivity contribution < 1.29 is 9.13 Å². The minimum atomic E-state index is -0.419. The molecule has 0 unspecified atom stereocenters. The van der Waals surface area contributed by atoms with E-state index in [9.17, 15) is 4.39 Å². The first-order valence-corrected chi connectivity index (χ1v) is 7.21. The molecule has 0 amide bonds. The van der Waals surface area contributed by atoms with Gasteiger partial charge in [0.15, 0.2) is 0 Å². The monoisotopic (exact) mass is 277 g/mol. The van der Waals surface area contributed by atoms with Gasteiger partial charge in [-0.2, -0.15) is 0 Å². The SMILES string of the molecule is CSc1ccccc1Oc1cccc(F)c1[C@H](C)N. The quantitative estimate of drug-likeness (QED) is 0.843. The maximum absolute atomic E-state index is 13.8. The van der Waals surface area contributed by atoms with E-state index in [-0.39, 0.29) is 5.82 Å². The van der Waals surface area contributed by atoms with Crippen LogP contribution < -0.4 is 10.5 Å². The fraction of sp³-hybridized carbons (Fsp3) is 0.200. The molecule has 0 aliphatic rings. The smallest absolute Gasteiger partial charge is 0.140 e. The lowest BCUT2D eigenvalue weighted by Crippen LogP contribution is -2.09. The van der Waals surface area contributed by atoms with Crippen LogP contribution in [0.15, 0.2) is 47.4 Å². The van der Waals surface area contributed by atoms with Gasteiger partial charge in [-0.05, 0) is 37.4 Å². The topological polar surface area (TPSA) is 35.2 Å². The van der Waals surface area contributed by atoms with Gasteiger partial charge < -0.3 is 10.5 Å².